The Morgan fingerprint density at radius 1 is 0.383 bits per heavy atom. The predicted molar refractivity (Wildman–Crippen MR) is 244 cm³/mol. The molecule has 3 aromatic carbocycles. The minimum Gasteiger partial charge on any atom is -0.491 e. The Labute approximate surface area is 363 Å². The van der Waals surface area contributed by atoms with E-state index < -0.39 is 8.32 Å². The van der Waals surface area contributed by atoms with Crippen LogP contribution in [0.4, 0.5) is 0 Å². The zero-order valence-electron chi connectivity index (χ0n) is 37.6. The van der Waals surface area contributed by atoms with E-state index in [0.717, 1.165) is 12.2 Å². The van der Waals surface area contributed by atoms with E-state index in [0.29, 0.717) is 119 Å². The fourth-order valence-electron chi connectivity index (χ4n) is 6.91. The first-order chi connectivity index (χ1) is 29.5. The SMILES string of the molecule is CCCCCCCCCc1ccc(OCCOCCOCCOCCOCCOCCOCCOCCOCCO[Si](c2ccccc2)(c2ccccc2)C(C)(C)C)cc1. The highest BCUT2D eigenvalue weighted by atomic mass is 28.4. The number of ether oxygens (including phenoxy) is 9. The molecule has 3 rings (SSSR count). The number of rotatable bonds is 39. The van der Waals surface area contributed by atoms with Gasteiger partial charge in [0, 0.05) is 0 Å². The summed E-state index contributed by atoms with van der Waals surface area (Å²) >= 11 is 0. The molecule has 11 heteroatoms. The van der Waals surface area contributed by atoms with E-state index in [1.54, 1.807) is 0 Å². The second-order valence-corrected chi connectivity index (χ2v) is 20.1. The van der Waals surface area contributed by atoms with Gasteiger partial charge < -0.3 is 47.1 Å². The van der Waals surface area contributed by atoms with Gasteiger partial charge in [-0.3, -0.25) is 0 Å². The lowest BCUT2D eigenvalue weighted by atomic mass is 10.0. The molecular formula is C49H78O10Si. The highest BCUT2D eigenvalue weighted by Crippen LogP contribution is 2.36. The molecule has 0 aromatic heterocycles. The molecule has 0 saturated heterocycles. The van der Waals surface area contributed by atoms with Gasteiger partial charge in [0.1, 0.15) is 12.4 Å². The Hall–Kier alpha value is -2.68. The van der Waals surface area contributed by atoms with Crippen molar-refractivity contribution >= 4 is 18.7 Å². The van der Waals surface area contributed by atoms with Crippen LogP contribution in [0.15, 0.2) is 84.9 Å². The average molecular weight is 855 g/mol. The Morgan fingerprint density at radius 2 is 0.733 bits per heavy atom. The Bertz CT molecular complexity index is 1350. The molecule has 0 amide bonds. The molecule has 0 N–H and O–H groups in total. The van der Waals surface area contributed by atoms with Gasteiger partial charge in [-0.25, -0.2) is 0 Å². The van der Waals surface area contributed by atoms with E-state index in [4.69, 9.17) is 47.1 Å². The van der Waals surface area contributed by atoms with Crippen LogP contribution in [0.25, 0.3) is 0 Å². The molecule has 0 unspecified atom stereocenters. The summed E-state index contributed by atoms with van der Waals surface area (Å²) in [6.45, 7) is 18.4. The highest BCUT2D eigenvalue weighted by Gasteiger charge is 2.50. The maximum absolute atomic E-state index is 6.86. The van der Waals surface area contributed by atoms with Gasteiger partial charge >= 0.3 is 0 Å². The number of hydrogen-bond acceptors (Lipinski definition) is 10. The van der Waals surface area contributed by atoms with Gasteiger partial charge in [-0.1, -0.05) is 139 Å². The van der Waals surface area contributed by atoms with E-state index in [1.165, 1.54) is 60.9 Å². The molecule has 3 aromatic rings. The van der Waals surface area contributed by atoms with Crippen LogP contribution in [0.2, 0.25) is 5.04 Å². The van der Waals surface area contributed by atoms with Gasteiger partial charge in [0.25, 0.3) is 8.32 Å². The first-order valence-corrected chi connectivity index (χ1v) is 24.5. The maximum atomic E-state index is 6.86. The zero-order valence-corrected chi connectivity index (χ0v) is 38.6. The van der Waals surface area contributed by atoms with Gasteiger partial charge in [0.15, 0.2) is 0 Å². The van der Waals surface area contributed by atoms with Crippen molar-refractivity contribution in [3.63, 3.8) is 0 Å². The normalized spacial score (nSPS) is 12.0. The molecule has 0 spiro atoms. The van der Waals surface area contributed by atoms with Crippen molar-refractivity contribution < 1.29 is 47.1 Å². The predicted octanol–water partition coefficient (Wildman–Crippen LogP) is 8.07. The molecule has 0 atom stereocenters. The van der Waals surface area contributed by atoms with E-state index >= 15 is 0 Å². The third-order valence-electron chi connectivity index (χ3n) is 10.1. The smallest absolute Gasteiger partial charge is 0.261 e. The van der Waals surface area contributed by atoms with Crippen molar-refractivity contribution in [1.82, 2.24) is 0 Å². The maximum Gasteiger partial charge on any atom is 0.261 e. The third-order valence-corrected chi connectivity index (χ3v) is 15.1. The Balaban J connectivity index is 1.02. The molecule has 0 aliphatic carbocycles. The van der Waals surface area contributed by atoms with Gasteiger partial charge in [-0.2, -0.15) is 0 Å². The van der Waals surface area contributed by atoms with Gasteiger partial charge in [-0.15, -0.1) is 0 Å². The van der Waals surface area contributed by atoms with Crippen LogP contribution in [0, 0.1) is 0 Å². The number of unbranched alkanes of at least 4 members (excludes halogenated alkanes) is 6. The van der Waals surface area contributed by atoms with E-state index in [9.17, 15) is 0 Å². The summed E-state index contributed by atoms with van der Waals surface area (Å²) in [4.78, 5) is 0. The summed E-state index contributed by atoms with van der Waals surface area (Å²) < 4.78 is 57.7. The van der Waals surface area contributed by atoms with E-state index in [1.807, 2.05) is 0 Å². The summed E-state index contributed by atoms with van der Waals surface area (Å²) in [5.41, 5.74) is 1.38. The molecule has 10 nitrogen and oxygen atoms in total. The first kappa shape index (κ1) is 51.7. The van der Waals surface area contributed by atoms with Crippen molar-refractivity contribution in [1.29, 1.82) is 0 Å². The standard InChI is InChI=1S/C49H78O10Si/c1-5-6-7-8-9-10-13-18-45-23-25-46(26-24-45)58-43-41-56-39-37-54-35-33-52-31-29-50-27-28-51-30-32-53-34-36-55-38-40-57-42-44-59-60(49(2,3)4,47-19-14-11-15-20-47)48-21-16-12-17-22-48/h11-12,14-17,19-26H,5-10,13,18,27-44H2,1-4H3. The number of benzene rings is 3. The van der Waals surface area contributed by atoms with Gasteiger partial charge in [-0.05, 0) is 45.9 Å². The van der Waals surface area contributed by atoms with Crippen molar-refractivity contribution in [3.05, 3.63) is 90.5 Å². The summed E-state index contributed by atoms with van der Waals surface area (Å²) in [5, 5.41) is 2.48. The van der Waals surface area contributed by atoms with Crippen LogP contribution < -0.4 is 15.1 Å². The minimum atomic E-state index is -2.54. The van der Waals surface area contributed by atoms with Crippen molar-refractivity contribution in [2.75, 3.05) is 119 Å². The Kier molecular flexibility index (Phi) is 29.2. The summed E-state index contributed by atoms with van der Waals surface area (Å²) in [7, 11) is -2.54. The lowest BCUT2D eigenvalue weighted by molar-refractivity contribution is -0.0241. The van der Waals surface area contributed by atoms with Crippen LogP contribution in [0.3, 0.4) is 0 Å². The van der Waals surface area contributed by atoms with Gasteiger partial charge in [0.05, 0.1) is 112 Å². The monoisotopic (exact) mass is 855 g/mol. The molecule has 60 heavy (non-hydrogen) atoms. The first-order valence-electron chi connectivity index (χ1n) is 22.6. The topological polar surface area (TPSA) is 92.3 Å². The molecule has 0 fully saturated rings. The van der Waals surface area contributed by atoms with Crippen LogP contribution in [0.5, 0.6) is 5.75 Å². The molecular weight excluding hydrogens is 777 g/mol. The van der Waals surface area contributed by atoms with Crippen LogP contribution in [0.1, 0.15) is 78.2 Å². The quantitative estimate of drug-likeness (QED) is 0.0415. The summed E-state index contributed by atoms with van der Waals surface area (Å²) in [6, 6.07) is 29.8. The minimum absolute atomic E-state index is 0.0557. The Morgan fingerprint density at radius 3 is 1.12 bits per heavy atom. The zero-order chi connectivity index (χ0) is 42.7. The molecule has 0 aliphatic heterocycles. The summed E-state index contributed by atoms with van der Waals surface area (Å²) in [5.74, 6) is 0.888. The lowest BCUT2D eigenvalue weighted by Gasteiger charge is -2.43. The fourth-order valence-corrected chi connectivity index (χ4v) is 11.5. The highest BCUT2D eigenvalue weighted by molar-refractivity contribution is 6.99. The number of aryl methyl sites for hydroxylation is 1. The van der Waals surface area contributed by atoms with E-state index in [2.05, 4.69) is 113 Å². The molecule has 0 aliphatic rings. The summed E-state index contributed by atoms with van der Waals surface area (Å²) in [6.07, 6.45) is 10.5. The van der Waals surface area contributed by atoms with Gasteiger partial charge in [0.2, 0.25) is 0 Å². The molecule has 338 valence electrons. The fraction of sp³-hybridized carbons (Fsp3) is 0.633. The molecule has 0 saturated carbocycles. The molecule has 0 radical (unpaired) electrons. The van der Waals surface area contributed by atoms with Crippen molar-refractivity contribution in [3.8, 4) is 5.75 Å². The average Bonchev–Trinajstić information content (AvgIpc) is 3.26. The van der Waals surface area contributed by atoms with Crippen molar-refractivity contribution in [2.24, 2.45) is 0 Å². The number of hydrogen-bond donors (Lipinski definition) is 0. The third kappa shape index (κ3) is 22.4. The molecule has 0 bridgehead atoms. The van der Waals surface area contributed by atoms with Crippen LogP contribution in [-0.2, 0) is 48.7 Å². The van der Waals surface area contributed by atoms with Crippen LogP contribution in [-0.4, -0.2) is 127 Å². The second-order valence-electron chi connectivity index (χ2n) is 15.8. The van der Waals surface area contributed by atoms with E-state index in [-0.39, 0.29) is 5.04 Å². The second kappa shape index (κ2) is 33.9. The molecule has 0 heterocycles. The van der Waals surface area contributed by atoms with Crippen molar-refractivity contribution in [2.45, 2.75) is 84.1 Å². The lowest BCUT2D eigenvalue weighted by Crippen LogP contribution is -2.66. The largest absolute Gasteiger partial charge is 0.491 e. The van der Waals surface area contributed by atoms with Crippen LogP contribution >= 0.6 is 0 Å².